The first-order valence-electron chi connectivity index (χ1n) is 9.07. The van der Waals surface area contributed by atoms with E-state index in [9.17, 15) is 19.7 Å². The molecule has 9 heteroatoms. The molecule has 1 fully saturated rings. The van der Waals surface area contributed by atoms with Crippen LogP contribution in [0.15, 0.2) is 42.5 Å². The first-order chi connectivity index (χ1) is 13.9. The third kappa shape index (κ3) is 4.83. The summed E-state index contributed by atoms with van der Waals surface area (Å²) in [6, 6.07) is 10.6. The number of likely N-dealkylation sites (tertiary alicyclic amines) is 1. The Balaban J connectivity index is 1.71. The van der Waals surface area contributed by atoms with E-state index in [4.69, 9.17) is 16.3 Å². The van der Waals surface area contributed by atoms with Gasteiger partial charge in [0.25, 0.3) is 11.6 Å². The molecule has 2 amide bonds. The highest BCUT2D eigenvalue weighted by atomic mass is 35.5. The summed E-state index contributed by atoms with van der Waals surface area (Å²) in [5.41, 5.74) is 0.591. The maximum absolute atomic E-state index is 12.8. The van der Waals surface area contributed by atoms with Crippen molar-refractivity contribution < 1.29 is 19.2 Å². The number of piperidine rings is 1. The largest absolute Gasteiger partial charge is 0.495 e. The minimum atomic E-state index is -0.539. The average molecular weight is 418 g/mol. The monoisotopic (exact) mass is 417 g/mol. The molecular weight excluding hydrogens is 398 g/mol. The number of amides is 2. The van der Waals surface area contributed by atoms with E-state index in [1.807, 2.05) is 0 Å². The van der Waals surface area contributed by atoms with E-state index in [1.165, 1.54) is 25.3 Å². The summed E-state index contributed by atoms with van der Waals surface area (Å²) < 4.78 is 5.18. The van der Waals surface area contributed by atoms with Gasteiger partial charge in [-0.15, -0.1) is 0 Å². The van der Waals surface area contributed by atoms with Gasteiger partial charge in [0, 0.05) is 35.8 Å². The second-order valence-electron chi connectivity index (χ2n) is 6.73. The molecule has 2 aromatic rings. The fourth-order valence-corrected chi connectivity index (χ4v) is 3.42. The van der Waals surface area contributed by atoms with Gasteiger partial charge in [0.15, 0.2) is 0 Å². The molecule has 0 bridgehead atoms. The lowest BCUT2D eigenvalue weighted by Gasteiger charge is -2.32. The summed E-state index contributed by atoms with van der Waals surface area (Å²) >= 11 is 5.87. The summed E-state index contributed by atoms with van der Waals surface area (Å²) in [7, 11) is 1.42. The van der Waals surface area contributed by atoms with Crippen LogP contribution in [0.5, 0.6) is 5.75 Å². The number of carbonyl (C=O) groups excluding carboxylic acids is 2. The zero-order chi connectivity index (χ0) is 21.0. The highest BCUT2D eigenvalue weighted by molar-refractivity contribution is 6.30. The standard InChI is InChI=1S/C20H20ClN3O5/c1-29-18-9-8-16(24(27)28)11-17(18)22-19(25)14-3-2-10-23(12-14)20(26)13-4-6-15(21)7-5-13/h4-9,11,14H,2-3,10,12H2,1H3,(H,22,25). The number of carbonyl (C=O) groups is 2. The van der Waals surface area contributed by atoms with Crippen LogP contribution in [0, 0.1) is 16.0 Å². The molecule has 1 unspecified atom stereocenters. The molecule has 1 aliphatic rings. The molecule has 1 atom stereocenters. The molecule has 2 aromatic carbocycles. The lowest BCUT2D eigenvalue weighted by molar-refractivity contribution is -0.384. The smallest absolute Gasteiger partial charge is 0.271 e. The Labute approximate surface area is 172 Å². The van der Waals surface area contributed by atoms with Gasteiger partial charge < -0.3 is 15.0 Å². The van der Waals surface area contributed by atoms with Gasteiger partial charge in [-0.3, -0.25) is 19.7 Å². The quantitative estimate of drug-likeness (QED) is 0.589. The van der Waals surface area contributed by atoms with Gasteiger partial charge in [-0.2, -0.15) is 0 Å². The zero-order valence-corrected chi connectivity index (χ0v) is 16.5. The van der Waals surface area contributed by atoms with Crippen molar-refractivity contribution in [2.45, 2.75) is 12.8 Å². The number of benzene rings is 2. The molecule has 8 nitrogen and oxygen atoms in total. The van der Waals surface area contributed by atoms with Gasteiger partial charge >= 0.3 is 0 Å². The van der Waals surface area contributed by atoms with Gasteiger partial charge in [0.1, 0.15) is 5.75 Å². The predicted molar refractivity (Wildman–Crippen MR) is 108 cm³/mol. The first kappa shape index (κ1) is 20.6. The summed E-state index contributed by atoms with van der Waals surface area (Å²) in [5, 5.41) is 14.3. The Morgan fingerprint density at radius 1 is 1.24 bits per heavy atom. The molecule has 152 valence electrons. The molecule has 1 saturated heterocycles. The van der Waals surface area contributed by atoms with E-state index in [1.54, 1.807) is 29.2 Å². The Kier molecular flexibility index (Phi) is 6.33. The number of nitro groups is 1. The highest BCUT2D eigenvalue weighted by Crippen LogP contribution is 2.30. The molecule has 1 aliphatic heterocycles. The van der Waals surface area contributed by atoms with Crippen LogP contribution in [-0.4, -0.2) is 41.8 Å². The topological polar surface area (TPSA) is 102 Å². The van der Waals surface area contributed by atoms with E-state index in [0.29, 0.717) is 35.7 Å². The maximum atomic E-state index is 12.8. The maximum Gasteiger partial charge on any atom is 0.271 e. The Hall–Kier alpha value is -3.13. The normalized spacial score (nSPS) is 16.2. The lowest BCUT2D eigenvalue weighted by Crippen LogP contribution is -2.43. The number of ether oxygens (including phenoxy) is 1. The molecule has 0 saturated carbocycles. The van der Waals surface area contributed by atoms with Gasteiger partial charge in [0.05, 0.1) is 23.6 Å². The van der Waals surface area contributed by atoms with Crippen molar-refractivity contribution in [3.63, 3.8) is 0 Å². The van der Waals surface area contributed by atoms with Crippen LogP contribution in [-0.2, 0) is 4.79 Å². The number of nitro benzene ring substituents is 1. The number of methoxy groups -OCH3 is 1. The zero-order valence-electron chi connectivity index (χ0n) is 15.8. The third-order valence-corrected chi connectivity index (χ3v) is 5.07. The number of anilines is 1. The van der Waals surface area contributed by atoms with Crippen LogP contribution in [0.2, 0.25) is 5.02 Å². The highest BCUT2D eigenvalue weighted by Gasteiger charge is 2.29. The molecule has 1 N–H and O–H groups in total. The second kappa shape index (κ2) is 8.91. The second-order valence-corrected chi connectivity index (χ2v) is 7.16. The third-order valence-electron chi connectivity index (χ3n) is 4.82. The van der Waals surface area contributed by atoms with Crippen LogP contribution < -0.4 is 10.1 Å². The molecule has 3 rings (SSSR count). The number of nitrogens with zero attached hydrogens (tertiary/aromatic N) is 2. The molecule has 1 heterocycles. The molecular formula is C20H20ClN3O5. The van der Waals surface area contributed by atoms with Crippen molar-refractivity contribution in [3.05, 3.63) is 63.2 Å². The molecule has 0 spiro atoms. The Morgan fingerprint density at radius 3 is 2.62 bits per heavy atom. The fraction of sp³-hybridized carbons (Fsp3) is 0.300. The molecule has 0 radical (unpaired) electrons. The lowest BCUT2D eigenvalue weighted by atomic mass is 9.96. The van der Waals surface area contributed by atoms with Crippen molar-refractivity contribution >= 4 is 34.8 Å². The van der Waals surface area contributed by atoms with Crippen LogP contribution in [0.1, 0.15) is 23.2 Å². The minimum Gasteiger partial charge on any atom is -0.495 e. The molecule has 0 aromatic heterocycles. The van der Waals surface area contributed by atoms with E-state index < -0.39 is 10.8 Å². The average Bonchev–Trinajstić information content (AvgIpc) is 2.73. The summed E-state index contributed by atoms with van der Waals surface area (Å²) in [5.74, 6) is -0.567. The van der Waals surface area contributed by atoms with Crippen molar-refractivity contribution in [1.29, 1.82) is 0 Å². The predicted octanol–water partition coefficient (Wildman–Crippen LogP) is 3.75. The number of rotatable bonds is 5. The van der Waals surface area contributed by atoms with E-state index >= 15 is 0 Å². The van der Waals surface area contributed by atoms with Crippen LogP contribution in [0.25, 0.3) is 0 Å². The first-order valence-corrected chi connectivity index (χ1v) is 9.45. The van der Waals surface area contributed by atoms with Crippen LogP contribution in [0.4, 0.5) is 11.4 Å². The fourth-order valence-electron chi connectivity index (χ4n) is 3.29. The van der Waals surface area contributed by atoms with Gasteiger partial charge in [-0.1, -0.05) is 11.6 Å². The number of hydrogen-bond acceptors (Lipinski definition) is 5. The van der Waals surface area contributed by atoms with Gasteiger partial charge in [-0.05, 0) is 43.2 Å². The Bertz CT molecular complexity index is 932. The number of halogens is 1. The van der Waals surface area contributed by atoms with E-state index in [-0.39, 0.29) is 29.7 Å². The van der Waals surface area contributed by atoms with E-state index in [0.717, 1.165) is 0 Å². The van der Waals surface area contributed by atoms with Gasteiger partial charge in [0.2, 0.25) is 5.91 Å². The summed E-state index contributed by atoms with van der Waals surface area (Å²) in [6.45, 7) is 0.829. The van der Waals surface area contributed by atoms with Crippen molar-refractivity contribution in [3.8, 4) is 5.75 Å². The number of nitrogens with one attached hydrogen (secondary N) is 1. The van der Waals surface area contributed by atoms with E-state index in [2.05, 4.69) is 5.32 Å². The van der Waals surface area contributed by atoms with Crippen molar-refractivity contribution in [2.24, 2.45) is 5.92 Å². The van der Waals surface area contributed by atoms with Gasteiger partial charge in [-0.25, -0.2) is 0 Å². The minimum absolute atomic E-state index is 0.149. The number of non-ortho nitro benzene ring substituents is 1. The summed E-state index contributed by atoms with van der Waals surface area (Å²) in [6.07, 6.45) is 1.30. The van der Waals surface area contributed by atoms with Crippen LogP contribution >= 0.6 is 11.6 Å². The van der Waals surface area contributed by atoms with Crippen molar-refractivity contribution in [2.75, 3.05) is 25.5 Å². The van der Waals surface area contributed by atoms with Crippen LogP contribution in [0.3, 0.4) is 0 Å². The Morgan fingerprint density at radius 2 is 1.97 bits per heavy atom. The molecule has 29 heavy (non-hydrogen) atoms. The SMILES string of the molecule is COc1ccc([N+](=O)[O-])cc1NC(=O)C1CCCN(C(=O)c2ccc(Cl)cc2)C1. The summed E-state index contributed by atoms with van der Waals surface area (Å²) in [4.78, 5) is 37.6. The number of hydrogen-bond donors (Lipinski definition) is 1. The molecule has 0 aliphatic carbocycles. The van der Waals surface area contributed by atoms with Crippen molar-refractivity contribution in [1.82, 2.24) is 4.90 Å².